The van der Waals surface area contributed by atoms with E-state index in [4.69, 9.17) is 5.73 Å². The van der Waals surface area contributed by atoms with E-state index in [2.05, 4.69) is 18.7 Å². The van der Waals surface area contributed by atoms with E-state index in [1.165, 1.54) is 6.07 Å². The minimum atomic E-state index is -0.397. The van der Waals surface area contributed by atoms with Gasteiger partial charge in [0.25, 0.3) is 5.69 Å². The van der Waals surface area contributed by atoms with Crippen LogP contribution in [-0.4, -0.2) is 23.4 Å². The summed E-state index contributed by atoms with van der Waals surface area (Å²) in [5.41, 5.74) is 7.32. The monoisotopic (exact) mass is 237 g/mol. The Morgan fingerprint density at radius 2 is 2.12 bits per heavy atom. The van der Waals surface area contributed by atoms with Gasteiger partial charge in [0.2, 0.25) is 0 Å². The quantitative estimate of drug-likeness (QED) is 0.484. The Bertz CT molecular complexity index is 405. The highest BCUT2D eigenvalue weighted by atomic mass is 16.6. The van der Waals surface area contributed by atoms with Gasteiger partial charge in [-0.05, 0) is 24.6 Å². The highest BCUT2D eigenvalue weighted by Gasteiger charge is 2.11. The van der Waals surface area contributed by atoms with Gasteiger partial charge in [0.1, 0.15) is 0 Å². The van der Waals surface area contributed by atoms with Gasteiger partial charge in [0, 0.05) is 30.9 Å². The Morgan fingerprint density at radius 1 is 1.47 bits per heavy atom. The molecule has 1 aromatic rings. The SMILES string of the molecule is CC(C)CN(C)Cc1cc([N+](=O)[O-])ccc1N. The van der Waals surface area contributed by atoms with Crippen molar-refractivity contribution in [3.05, 3.63) is 33.9 Å². The number of benzene rings is 1. The van der Waals surface area contributed by atoms with E-state index in [1.54, 1.807) is 12.1 Å². The molecule has 1 rings (SSSR count). The molecule has 0 heterocycles. The van der Waals surface area contributed by atoms with Crippen LogP contribution in [0, 0.1) is 16.0 Å². The standard InChI is InChI=1S/C12H19N3O2/c1-9(2)7-14(3)8-10-6-11(15(16)17)4-5-12(10)13/h4-6,9H,7-8,13H2,1-3H3. The Morgan fingerprint density at radius 3 is 2.65 bits per heavy atom. The van der Waals surface area contributed by atoms with Crippen molar-refractivity contribution in [2.24, 2.45) is 5.92 Å². The van der Waals surface area contributed by atoms with Crippen LogP contribution < -0.4 is 5.73 Å². The summed E-state index contributed by atoms with van der Waals surface area (Å²) in [5, 5.41) is 10.7. The normalized spacial score (nSPS) is 11.1. The van der Waals surface area contributed by atoms with Crippen molar-refractivity contribution in [2.45, 2.75) is 20.4 Å². The van der Waals surface area contributed by atoms with Crippen LogP contribution in [0.25, 0.3) is 0 Å². The fourth-order valence-electron chi connectivity index (χ4n) is 1.82. The highest BCUT2D eigenvalue weighted by molar-refractivity contribution is 5.52. The number of nitrogen functional groups attached to an aromatic ring is 1. The maximum atomic E-state index is 10.7. The summed E-state index contributed by atoms with van der Waals surface area (Å²) in [4.78, 5) is 12.4. The molecule has 5 heteroatoms. The van der Waals surface area contributed by atoms with Crippen molar-refractivity contribution < 1.29 is 4.92 Å². The Labute approximate surface area is 101 Å². The largest absolute Gasteiger partial charge is 0.398 e. The van der Waals surface area contributed by atoms with Gasteiger partial charge < -0.3 is 10.6 Å². The first kappa shape index (κ1) is 13.4. The van der Waals surface area contributed by atoms with Gasteiger partial charge in [-0.1, -0.05) is 13.8 Å². The average Bonchev–Trinajstić information content (AvgIpc) is 2.19. The first-order valence-corrected chi connectivity index (χ1v) is 5.61. The van der Waals surface area contributed by atoms with E-state index in [1.807, 2.05) is 7.05 Å². The van der Waals surface area contributed by atoms with Crippen molar-refractivity contribution in [2.75, 3.05) is 19.3 Å². The number of nitrogens with zero attached hydrogens (tertiary/aromatic N) is 2. The zero-order valence-electron chi connectivity index (χ0n) is 10.5. The van der Waals surface area contributed by atoms with Crippen molar-refractivity contribution in [1.29, 1.82) is 0 Å². The Kier molecular flexibility index (Phi) is 4.45. The van der Waals surface area contributed by atoms with Crippen LogP contribution in [0.3, 0.4) is 0 Å². The lowest BCUT2D eigenvalue weighted by atomic mass is 10.1. The molecular weight excluding hydrogens is 218 g/mol. The molecule has 0 bridgehead atoms. The van der Waals surface area contributed by atoms with Crippen LogP contribution >= 0.6 is 0 Å². The summed E-state index contributed by atoms with van der Waals surface area (Å²) < 4.78 is 0. The second kappa shape index (κ2) is 5.63. The molecule has 5 nitrogen and oxygen atoms in total. The lowest BCUT2D eigenvalue weighted by molar-refractivity contribution is -0.384. The molecule has 0 fully saturated rings. The number of nitrogens with two attached hydrogens (primary N) is 1. The van der Waals surface area contributed by atoms with Crippen LogP contribution in [0.4, 0.5) is 11.4 Å². The molecule has 2 N–H and O–H groups in total. The smallest absolute Gasteiger partial charge is 0.269 e. The van der Waals surface area contributed by atoms with Crippen LogP contribution in [0.1, 0.15) is 19.4 Å². The van der Waals surface area contributed by atoms with E-state index in [-0.39, 0.29) is 5.69 Å². The number of nitro benzene ring substituents is 1. The first-order chi connectivity index (χ1) is 7.90. The third-order valence-corrected chi connectivity index (χ3v) is 2.45. The molecule has 1 aromatic carbocycles. The van der Waals surface area contributed by atoms with Crippen LogP contribution in [0.15, 0.2) is 18.2 Å². The average molecular weight is 237 g/mol. The second-order valence-corrected chi connectivity index (χ2v) is 4.73. The number of anilines is 1. The molecular formula is C12H19N3O2. The van der Waals surface area contributed by atoms with Crippen LogP contribution in [-0.2, 0) is 6.54 Å². The van der Waals surface area contributed by atoms with E-state index in [9.17, 15) is 10.1 Å². The lowest BCUT2D eigenvalue weighted by Crippen LogP contribution is -2.23. The molecule has 0 unspecified atom stereocenters. The maximum Gasteiger partial charge on any atom is 0.269 e. The van der Waals surface area contributed by atoms with Gasteiger partial charge in [-0.3, -0.25) is 10.1 Å². The van der Waals surface area contributed by atoms with Crippen LogP contribution in [0.2, 0.25) is 0 Å². The van der Waals surface area contributed by atoms with Crippen molar-refractivity contribution in [3.63, 3.8) is 0 Å². The predicted octanol–water partition coefficient (Wildman–Crippen LogP) is 2.26. The summed E-state index contributed by atoms with van der Waals surface area (Å²) in [7, 11) is 1.98. The number of non-ortho nitro benzene ring substituents is 1. The molecule has 0 aliphatic heterocycles. The van der Waals surface area contributed by atoms with Gasteiger partial charge in [-0.15, -0.1) is 0 Å². The van der Waals surface area contributed by atoms with Crippen molar-refractivity contribution in [1.82, 2.24) is 4.90 Å². The molecule has 0 atom stereocenters. The summed E-state index contributed by atoms with van der Waals surface area (Å²) in [6, 6.07) is 4.57. The fraction of sp³-hybridized carbons (Fsp3) is 0.500. The van der Waals surface area contributed by atoms with Gasteiger partial charge in [0.15, 0.2) is 0 Å². The molecule has 0 radical (unpaired) electrons. The lowest BCUT2D eigenvalue weighted by Gasteiger charge is -2.19. The molecule has 0 saturated heterocycles. The third kappa shape index (κ3) is 4.03. The molecule has 0 saturated carbocycles. The van der Waals surface area contributed by atoms with E-state index < -0.39 is 4.92 Å². The van der Waals surface area contributed by atoms with E-state index >= 15 is 0 Å². The Balaban J connectivity index is 2.82. The molecule has 0 aliphatic rings. The first-order valence-electron chi connectivity index (χ1n) is 5.61. The van der Waals surface area contributed by atoms with E-state index in [0.717, 1.165) is 12.1 Å². The summed E-state index contributed by atoms with van der Waals surface area (Å²) in [6.07, 6.45) is 0. The zero-order chi connectivity index (χ0) is 13.0. The summed E-state index contributed by atoms with van der Waals surface area (Å²) in [5.74, 6) is 0.555. The van der Waals surface area contributed by atoms with Gasteiger partial charge in [-0.25, -0.2) is 0 Å². The van der Waals surface area contributed by atoms with Gasteiger partial charge in [0.05, 0.1) is 4.92 Å². The summed E-state index contributed by atoms with van der Waals surface area (Å²) in [6.45, 7) is 5.83. The number of hydrogen-bond donors (Lipinski definition) is 1. The third-order valence-electron chi connectivity index (χ3n) is 2.45. The van der Waals surface area contributed by atoms with Crippen LogP contribution in [0.5, 0.6) is 0 Å². The number of hydrogen-bond acceptors (Lipinski definition) is 4. The highest BCUT2D eigenvalue weighted by Crippen LogP contribution is 2.21. The topological polar surface area (TPSA) is 72.4 Å². The Hall–Kier alpha value is -1.62. The predicted molar refractivity (Wildman–Crippen MR) is 68.7 cm³/mol. The number of nitro groups is 1. The molecule has 0 aliphatic carbocycles. The zero-order valence-corrected chi connectivity index (χ0v) is 10.5. The molecule has 0 spiro atoms. The van der Waals surface area contributed by atoms with E-state index in [0.29, 0.717) is 18.2 Å². The van der Waals surface area contributed by atoms with Gasteiger partial charge >= 0.3 is 0 Å². The van der Waals surface area contributed by atoms with Crippen molar-refractivity contribution in [3.8, 4) is 0 Å². The molecule has 17 heavy (non-hydrogen) atoms. The summed E-state index contributed by atoms with van der Waals surface area (Å²) >= 11 is 0. The number of rotatable bonds is 5. The molecule has 94 valence electrons. The minimum Gasteiger partial charge on any atom is -0.398 e. The molecule has 0 amide bonds. The van der Waals surface area contributed by atoms with Gasteiger partial charge in [-0.2, -0.15) is 0 Å². The minimum absolute atomic E-state index is 0.0900. The van der Waals surface area contributed by atoms with Crippen molar-refractivity contribution >= 4 is 11.4 Å². The molecule has 0 aromatic heterocycles. The fourth-order valence-corrected chi connectivity index (χ4v) is 1.82. The maximum absolute atomic E-state index is 10.7. The second-order valence-electron chi connectivity index (χ2n) is 4.73.